The molecule has 2 heterocycles. The molecule has 1 saturated heterocycles. The van der Waals surface area contributed by atoms with Gasteiger partial charge in [0.05, 0.1) is 34.5 Å². The van der Waals surface area contributed by atoms with Crippen LogP contribution in [0.5, 0.6) is 11.5 Å². The van der Waals surface area contributed by atoms with Crippen molar-refractivity contribution in [1.29, 1.82) is 0 Å². The summed E-state index contributed by atoms with van der Waals surface area (Å²) in [5.74, 6) is 0.368. The number of fused-ring (bicyclic) bond motifs is 1. The average molecular weight is 653 g/mol. The van der Waals surface area contributed by atoms with Gasteiger partial charge in [0.1, 0.15) is 24.9 Å². The smallest absolute Gasteiger partial charge is 0.476 e. The van der Waals surface area contributed by atoms with Gasteiger partial charge in [-0.2, -0.15) is 0 Å². The Bertz CT molecular complexity index is 1520. The van der Waals surface area contributed by atoms with Gasteiger partial charge in [-0.1, -0.05) is 17.7 Å². The number of hydrogen-bond acceptors (Lipinski definition) is 10. The number of likely N-dealkylation sites (tertiary alicyclic amines) is 1. The van der Waals surface area contributed by atoms with Crippen LogP contribution < -0.4 is 14.8 Å². The number of rotatable bonds is 10. The lowest BCUT2D eigenvalue weighted by Crippen LogP contribution is -2.43. The van der Waals surface area contributed by atoms with Gasteiger partial charge in [0.25, 0.3) is 0 Å². The van der Waals surface area contributed by atoms with Gasteiger partial charge in [-0.3, -0.25) is 18.4 Å². The highest BCUT2D eigenvalue weighted by molar-refractivity contribution is 7.48. The number of piperidine rings is 1. The number of carbonyl (C=O) groups excluding carboxylic acids is 1. The van der Waals surface area contributed by atoms with E-state index < -0.39 is 31.4 Å². The molecule has 4 rings (SSSR count). The van der Waals surface area contributed by atoms with Crippen molar-refractivity contribution in [2.75, 3.05) is 32.1 Å². The Kier molecular flexibility index (Phi) is 10.4. The molecule has 3 aromatic rings. The minimum Gasteiger partial charge on any atom is -0.493 e. The van der Waals surface area contributed by atoms with Crippen molar-refractivity contribution >= 4 is 47.7 Å². The highest BCUT2D eigenvalue weighted by atomic mass is 35.5. The number of ether oxygens (including phenoxy) is 2. The summed E-state index contributed by atoms with van der Waals surface area (Å²) < 4.78 is 56.4. The summed E-state index contributed by atoms with van der Waals surface area (Å²) in [5, 5.41) is 3.57. The minimum absolute atomic E-state index is 0.0130. The molecule has 0 aliphatic carbocycles. The largest absolute Gasteiger partial charge is 0.493 e. The predicted molar refractivity (Wildman–Crippen MR) is 166 cm³/mol. The van der Waals surface area contributed by atoms with E-state index in [1.165, 1.54) is 19.5 Å². The summed E-state index contributed by atoms with van der Waals surface area (Å²) in [4.78, 5) is 23.2. The second kappa shape index (κ2) is 13.5. The van der Waals surface area contributed by atoms with Crippen LogP contribution in [-0.2, 0) is 22.9 Å². The van der Waals surface area contributed by atoms with Gasteiger partial charge in [-0.25, -0.2) is 18.9 Å². The Hall–Kier alpha value is -3.02. The molecular formula is C30H39ClFN4O7P. The Balaban J connectivity index is 1.42. The Labute approximate surface area is 262 Å². The maximum atomic E-state index is 14.6. The molecule has 1 amide bonds. The molecule has 0 bridgehead atoms. The molecule has 1 aliphatic rings. The zero-order valence-electron chi connectivity index (χ0n) is 26.0. The molecule has 0 spiro atoms. The number of carbonyl (C=O) groups is 1. The maximum absolute atomic E-state index is 14.6. The first-order valence-electron chi connectivity index (χ1n) is 14.2. The molecular weight excluding hydrogens is 614 g/mol. The first kappa shape index (κ1) is 33.9. The number of aromatic nitrogens is 2. The molecule has 1 N–H and O–H groups in total. The van der Waals surface area contributed by atoms with Crippen molar-refractivity contribution in [2.45, 2.75) is 71.7 Å². The first-order valence-corrected chi connectivity index (χ1v) is 16.0. The number of methoxy groups -OCH3 is 1. The van der Waals surface area contributed by atoms with E-state index in [4.69, 9.17) is 34.6 Å². The average Bonchev–Trinajstić information content (AvgIpc) is 2.92. The number of amides is 1. The third-order valence-electron chi connectivity index (χ3n) is 6.33. The fourth-order valence-electron chi connectivity index (χ4n) is 4.51. The van der Waals surface area contributed by atoms with Crippen molar-refractivity contribution < 1.29 is 36.8 Å². The number of anilines is 2. The number of nitrogens with one attached hydrogen (secondary N) is 1. The molecule has 240 valence electrons. The lowest BCUT2D eigenvalue weighted by molar-refractivity contribution is -0.136. The number of benzene rings is 2. The highest BCUT2D eigenvalue weighted by Gasteiger charge is 2.38. The topological polar surface area (TPSA) is 121 Å². The molecule has 44 heavy (non-hydrogen) atoms. The summed E-state index contributed by atoms with van der Waals surface area (Å²) in [6.45, 7) is 10.7. The molecule has 14 heteroatoms. The number of phosphoric ester groups is 1. The van der Waals surface area contributed by atoms with Gasteiger partial charge in [-0.15, -0.1) is 0 Å². The van der Waals surface area contributed by atoms with Gasteiger partial charge in [0, 0.05) is 37.4 Å². The van der Waals surface area contributed by atoms with Crippen LogP contribution >= 0.6 is 19.4 Å². The van der Waals surface area contributed by atoms with Crippen LogP contribution in [-0.4, -0.2) is 64.9 Å². The van der Waals surface area contributed by atoms with Crippen molar-refractivity contribution in [1.82, 2.24) is 14.9 Å². The van der Waals surface area contributed by atoms with E-state index in [1.807, 2.05) is 0 Å². The molecule has 1 fully saturated rings. The molecule has 1 aromatic heterocycles. The van der Waals surface area contributed by atoms with Crippen molar-refractivity contribution in [3.8, 4) is 11.5 Å². The standard InChI is InChI=1S/C30H39ClFN4O7P/c1-29(2,3)42-44(38,43-30(4,5)6)40-17-26(37)36-13-11-19(12-14-36)41-25-15-20-23(16-24(25)39-7)33-18-34-28(20)35-22-10-8-9-21(31)27(22)32/h8-10,15-16,18-19H,11-14,17H2,1-7H3,(H,33,34,35). The number of phosphoric acid groups is 1. The van der Waals surface area contributed by atoms with E-state index in [0.717, 1.165) is 0 Å². The number of nitrogens with zero attached hydrogens (tertiary/aromatic N) is 3. The van der Waals surface area contributed by atoms with Gasteiger partial charge in [-0.05, 0) is 59.7 Å². The summed E-state index contributed by atoms with van der Waals surface area (Å²) in [5.41, 5.74) is -0.879. The quantitative estimate of drug-likeness (QED) is 0.223. The van der Waals surface area contributed by atoms with E-state index >= 15 is 0 Å². The van der Waals surface area contributed by atoms with Crippen LogP contribution in [0.25, 0.3) is 10.9 Å². The monoisotopic (exact) mass is 652 g/mol. The van der Waals surface area contributed by atoms with E-state index in [0.29, 0.717) is 54.2 Å². The van der Waals surface area contributed by atoms with Crippen LogP contribution in [0.15, 0.2) is 36.7 Å². The lowest BCUT2D eigenvalue weighted by Gasteiger charge is -2.34. The Morgan fingerprint density at radius 3 is 2.34 bits per heavy atom. The molecule has 0 unspecified atom stereocenters. The fraction of sp³-hybridized carbons (Fsp3) is 0.500. The molecule has 0 radical (unpaired) electrons. The second-order valence-electron chi connectivity index (χ2n) is 12.3. The normalized spacial score (nSPS) is 15.0. The van der Waals surface area contributed by atoms with E-state index in [9.17, 15) is 13.8 Å². The molecule has 0 saturated carbocycles. The molecule has 1 aliphatic heterocycles. The predicted octanol–water partition coefficient (Wildman–Crippen LogP) is 7.30. The fourth-order valence-corrected chi connectivity index (χ4v) is 6.44. The van der Waals surface area contributed by atoms with Crippen LogP contribution in [0, 0.1) is 5.82 Å². The number of halogens is 2. The summed E-state index contributed by atoms with van der Waals surface area (Å²) in [6.07, 6.45) is 2.21. The third-order valence-corrected chi connectivity index (χ3v) is 8.61. The van der Waals surface area contributed by atoms with Crippen molar-refractivity contribution in [3.05, 3.63) is 47.5 Å². The zero-order chi connectivity index (χ0) is 32.3. The van der Waals surface area contributed by atoms with Crippen molar-refractivity contribution in [3.63, 3.8) is 0 Å². The summed E-state index contributed by atoms with van der Waals surface area (Å²) in [7, 11) is -2.49. The van der Waals surface area contributed by atoms with Crippen LogP contribution in [0.1, 0.15) is 54.4 Å². The van der Waals surface area contributed by atoms with Gasteiger partial charge < -0.3 is 19.7 Å². The maximum Gasteiger partial charge on any atom is 0.476 e. The van der Waals surface area contributed by atoms with E-state index in [2.05, 4.69) is 15.3 Å². The minimum atomic E-state index is -4.02. The molecule has 11 nitrogen and oxygen atoms in total. The SMILES string of the molecule is COc1cc2ncnc(Nc3cccc(Cl)c3F)c2cc1OC1CCN(C(=O)COP(=O)(OC(C)(C)C)OC(C)(C)C)CC1. The Morgan fingerprint density at radius 1 is 1.07 bits per heavy atom. The molecule has 0 atom stereocenters. The van der Waals surface area contributed by atoms with Gasteiger partial charge in [0.15, 0.2) is 17.3 Å². The Morgan fingerprint density at radius 2 is 1.73 bits per heavy atom. The zero-order valence-corrected chi connectivity index (χ0v) is 27.6. The lowest BCUT2D eigenvalue weighted by atomic mass is 10.1. The van der Waals surface area contributed by atoms with Gasteiger partial charge in [0.2, 0.25) is 5.91 Å². The second-order valence-corrected chi connectivity index (χ2v) is 14.2. The number of hydrogen-bond donors (Lipinski definition) is 1. The summed E-state index contributed by atoms with van der Waals surface area (Å²) in [6, 6.07) is 8.12. The third kappa shape index (κ3) is 9.01. The van der Waals surface area contributed by atoms with Crippen LogP contribution in [0.2, 0.25) is 5.02 Å². The van der Waals surface area contributed by atoms with Gasteiger partial charge >= 0.3 is 7.82 Å². The van der Waals surface area contributed by atoms with E-state index in [1.54, 1.807) is 70.7 Å². The van der Waals surface area contributed by atoms with E-state index in [-0.39, 0.29) is 22.7 Å². The molecule has 2 aromatic carbocycles. The van der Waals surface area contributed by atoms with Crippen LogP contribution in [0.3, 0.4) is 0 Å². The first-order chi connectivity index (χ1) is 20.6. The highest BCUT2D eigenvalue weighted by Crippen LogP contribution is 2.55. The van der Waals surface area contributed by atoms with Crippen LogP contribution in [0.4, 0.5) is 15.9 Å². The van der Waals surface area contributed by atoms with Crippen molar-refractivity contribution in [2.24, 2.45) is 0 Å². The summed E-state index contributed by atoms with van der Waals surface area (Å²) >= 11 is 5.95.